The van der Waals surface area contributed by atoms with Crippen molar-refractivity contribution >= 4 is 5.69 Å². The van der Waals surface area contributed by atoms with Gasteiger partial charge >= 0.3 is 0 Å². The summed E-state index contributed by atoms with van der Waals surface area (Å²) >= 11 is 0. The van der Waals surface area contributed by atoms with Gasteiger partial charge in [0.25, 0.3) is 0 Å². The van der Waals surface area contributed by atoms with Gasteiger partial charge in [0.1, 0.15) is 17.7 Å². The van der Waals surface area contributed by atoms with Gasteiger partial charge in [0.05, 0.1) is 0 Å². The van der Waals surface area contributed by atoms with Gasteiger partial charge in [0.15, 0.2) is 0 Å². The Morgan fingerprint density at radius 1 is 1.10 bits per heavy atom. The molecule has 0 saturated heterocycles. The van der Waals surface area contributed by atoms with E-state index in [1.54, 1.807) is 12.1 Å². The Hall–Kier alpha value is -2.03. The topological polar surface area (TPSA) is 21.3 Å². The van der Waals surface area contributed by atoms with Gasteiger partial charge in [-0.1, -0.05) is 18.2 Å². The van der Waals surface area contributed by atoms with Gasteiger partial charge in [-0.05, 0) is 36.2 Å². The third-order valence-electron chi connectivity index (χ3n) is 4.15. The van der Waals surface area contributed by atoms with Gasteiger partial charge in [0, 0.05) is 30.1 Å². The van der Waals surface area contributed by atoms with Crippen LogP contribution in [0.4, 0.5) is 10.1 Å². The van der Waals surface area contributed by atoms with Crippen molar-refractivity contribution < 1.29 is 9.13 Å². The number of nitrogens with one attached hydrogen (secondary N) is 1. The van der Waals surface area contributed by atoms with Crippen molar-refractivity contribution in [1.29, 1.82) is 0 Å². The third kappa shape index (κ3) is 2.03. The van der Waals surface area contributed by atoms with Crippen LogP contribution in [0, 0.1) is 5.82 Å². The highest BCUT2D eigenvalue weighted by Gasteiger charge is 2.29. The van der Waals surface area contributed by atoms with Crippen LogP contribution in [0.3, 0.4) is 0 Å². The molecule has 3 heteroatoms. The number of fused-ring (bicyclic) bond motifs is 2. The molecule has 0 amide bonds. The summed E-state index contributed by atoms with van der Waals surface area (Å²) in [5.74, 6) is 0.659. The fraction of sp³-hybridized carbons (Fsp3) is 0.294. The number of halogens is 1. The van der Waals surface area contributed by atoms with Crippen LogP contribution in [-0.2, 0) is 12.8 Å². The molecule has 2 aliphatic rings. The van der Waals surface area contributed by atoms with E-state index in [1.165, 1.54) is 17.3 Å². The molecule has 4 rings (SSSR count). The van der Waals surface area contributed by atoms with Gasteiger partial charge in [-0.3, -0.25) is 0 Å². The summed E-state index contributed by atoms with van der Waals surface area (Å²) in [5, 5.41) is 3.55. The second kappa shape index (κ2) is 4.51. The first-order chi connectivity index (χ1) is 9.78. The number of ether oxygens (including phenoxy) is 1. The molecule has 102 valence electrons. The summed E-state index contributed by atoms with van der Waals surface area (Å²) in [5.41, 5.74) is 3.60. The summed E-state index contributed by atoms with van der Waals surface area (Å²) in [6.07, 6.45) is 2.95. The van der Waals surface area contributed by atoms with E-state index in [2.05, 4.69) is 29.6 Å². The van der Waals surface area contributed by atoms with Crippen molar-refractivity contribution in [2.75, 3.05) is 5.32 Å². The molecule has 2 atom stereocenters. The molecule has 0 aliphatic carbocycles. The number of anilines is 1. The van der Waals surface area contributed by atoms with Crippen LogP contribution in [0.15, 0.2) is 42.5 Å². The predicted molar refractivity (Wildman–Crippen MR) is 76.7 cm³/mol. The van der Waals surface area contributed by atoms with Gasteiger partial charge in [-0.25, -0.2) is 4.39 Å². The quantitative estimate of drug-likeness (QED) is 0.900. The average molecular weight is 269 g/mol. The Kier molecular flexibility index (Phi) is 2.66. The van der Waals surface area contributed by atoms with Crippen LogP contribution in [0.1, 0.15) is 17.5 Å². The third-order valence-corrected chi connectivity index (χ3v) is 4.15. The molecule has 2 aromatic rings. The zero-order chi connectivity index (χ0) is 13.5. The molecule has 0 bridgehead atoms. The Morgan fingerprint density at radius 2 is 2.00 bits per heavy atom. The summed E-state index contributed by atoms with van der Waals surface area (Å²) in [6, 6.07) is 13.6. The van der Waals surface area contributed by atoms with Gasteiger partial charge in [-0.2, -0.15) is 0 Å². The van der Waals surface area contributed by atoms with E-state index in [9.17, 15) is 4.39 Å². The summed E-state index contributed by atoms with van der Waals surface area (Å²) in [4.78, 5) is 0. The minimum atomic E-state index is -0.181. The van der Waals surface area contributed by atoms with Crippen molar-refractivity contribution in [1.82, 2.24) is 0 Å². The number of hydrogen-bond acceptors (Lipinski definition) is 2. The number of benzene rings is 2. The van der Waals surface area contributed by atoms with E-state index in [4.69, 9.17) is 4.74 Å². The lowest BCUT2D eigenvalue weighted by molar-refractivity contribution is 0.214. The molecular formula is C17H16FNO. The lowest BCUT2D eigenvalue weighted by Gasteiger charge is -2.16. The SMILES string of the molecule is Fc1ccc2c(c1)CC(CC1Cc3ccccc3N1)O2. The molecule has 0 saturated carbocycles. The largest absolute Gasteiger partial charge is 0.490 e. The van der Waals surface area contributed by atoms with Crippen molar-refractivity contribution in [3.05, 3.63) is 59.4 Å². The lowest BCUT2D eigenvalue weighted by Crippen LogP contribution is -2.25. The Labute approximate surface area is 117 Å². The summed E-state index contributed by atoms with van der Waals surface area (Å²) < 4.78 is 19.1. The molecule has 2 aliphatic heterocycles. The van der Waals surface area contributed by atoms with Crippen LogP contribution in [0.5, 0.6) is 5.75 Å². The van der Waals surface area contributed by atoms with Crippen molar-refractivity contribution in [3.8, 4) is 5.75 Å². The molecular weight excluding hydrogens is 253 g/mol. The van der Waals surface area contributed by atoms with E-state index in [1.807, 2.05) is 0 Å². The Balaban J connectivity index is 1.43. The molecule has 20 heavy (non-hydrogen) atoms. The highest BCUT2D eigenvalue weighted by molar-refractivity contribution is 5.56. The fourth-order valence-electron chi connectivity index (χ4n) is 3.26. The highest BCUT2D eigenvalue weighted by Crippen LogP contribution is 2.33. The van der Waals surface area contributed by atoms with Crippen molar-refractivity contribution in [3.63, 3.8) is 0 Å². The normalized spacial score (nSPS) is 22.9. The maximum Gasteiger partial charge on any atom is 0.123 e. The van der Waals surface area contributed by atoms with E-state index in [-0.39, 0.29) is 11.9 Å². The molecule has 2 heterocycles. The van der Waals surface area contributed by atoms with Gasteiger partial charge in [0.2, 0.25) is 0 Å². The molecule has 0 spiro atoms. The molecule has 0 radical (unpaired) electrons. The predicted octanol–water partition coefficient (Wildman–Crippen LogP) is 3.56. The molecule has 2 aromatic carbocycles. The molecule has 0 fully saturated rings. The maximum absolute atomic E-state index is 13.2. The first kappa shape index (κ1) is 11.8. The molecule has 1 N–H and O–H groups in total. The van der Waals surface area contributed by atoms with E-state index >= 15 is 0 Å². The van der Waals surface area contributed by atoms with E-state index in [0.717, 1.165) is 30.6 Å². The number of para-hydroxylation sites is 1. The maximum atomic E-state index is 13.2. The second-order valence-electron chi connectivity index (χ2n) is 5.63. The van der Waals surface area contributed by atoms with Gasteiger partial charge < -0.3 is 10.1 Å². The van der Waals surface area contributed by atoms with Crippen LogP contribution < -0.4 is 10.1 Å². The summed E-state index contributed by atoms with van der Waals surface area (Å²) in [6.45, 7) is 0. The number of rotatable bonds is 2. The second-order valence-corrected chi connectivity index (χ2v) is 5.63. The van der Waals surface area contributed by atoms with Crippen LogP contribution >= 0.6 is 0 Å². The Morgan fingerprint density at radius 3 is 2.90 bits per heavy atom. The first-order valence-corrected chi connectivity index (χ1v) is 7.07. The van der Waals surface area contributed by atoms with Gasteiger partial charge in [-0.15, -0.1) is 0 Å². The molecule has 2 unspecified atom stereocenters. The van der Waals surface area contributed by atoms with Crippen molar-refractivity contribution in [2.24, 2.45) is 0 Å². The minimum Gasteiger partial charge on any atom is -0.490 e. The van der Waals surface area contributed by atoms with E-state index < -0.39 is 0 Å². The zero-order valence-corrected chi connectivity index (χ0v) is 11.1. The minimum absolute atomic E-state index is 0.151. The fourth-order valence-corrected chi connectivity index (χ4v) is 3.26. The van der Waals surface area contributed by atoms with Crippen molar-refractivity contribution in [2.45, 2.75) is 31.4 Å². The molecule has 0 aromatic heterocycles. The van der Waals surface area contributed by atoms with Crippen LogP contribution in [0.2, 0.25) is 0 Å². The molecule has 2 nitrogen and oxygen atoms in total. The monoisotopic (exact) mass is 269 g/mol. The lowest BCUT2D eigenvalue weighted by atomic mass is 10.0. The Bertz CT molecular complexity index is 630. The van der Waals surface area contributed by atoms with E-state index in [0.29, 0.717) is 6.04 Å². The average Bonchev–Trinajstić information content (AvgIpc) is 3.00. The van der Waals surface area contributed by atoms with Crippen LogP contribution in [0.25, 0.3) is 0 Å². The zero-order valence-electron chi connectivity index (χ0n) is 11.1. The smallest absolute Gasteiger partial charge is 0.123 e. The van der Waals surface area contributed by atoms with Crippen LogP contribution in [-0.4, -0.2) is 12.1 Å². The summed E-state index contributed by atoms with van der Waals surface area (Å²) in [7, 11) is 0. The number of hydrogen-bond donors (Lipinski definition) is 1. The standard InChI is InChI=1S/C17H16FNO/c18-13-5-6-17-12(7-13)9-15(20-17)10-14-8-11-3-1-2-4-16(11)19-14/h1-7,14-15,19H,8-10H2. The highest BCUT2D eigenvalue weighted by atomic mass is 19.1. The first-order valence-electron chi connectivity index (χ1n) is 7.07.